The van der Waals surface area contributed by atoms with Crippen molar-refractivity contribution in [2.24, 2.45) is 5.41 Å². The van der Waals surface area contributed by atoms with Crippen LogP contribution in [0.5, 0.6) is 0 Å². The first-order valence-corrected chi connectivity index (χ1v) is 4.69. The molecule has 0 amide bonds. The summed E-state index contributed by atoms with van der Waals surface area (Å²) in [6.07, 6.45) is 0. The van der Waals surface area contributed by atoms with E-state index in [2.05, 4.69) is 53.4 Å². The minimum Gasteiger partial charge on any atom is -0.511 e. The molecule has 0 saturated carbocycles. The molecule has 1 atom stereocenters. The maximum Gasteiger partial charge on any atom is 0.103 e. The molecular formula is C11H23NO. The first-order valence-electron chi connectivity index (χ1n) is 4.69. The molecule has 0 saturated heterocycles. The lowest BCUT2D eigenvalue weighted by Gasteiger charge is -2.36. The van der Waals surface area contributed by atoms with E-state index >= 15 is 0 Å². The first kappa shape index (κ1) is 12.5. The average Bonchev–Trinajstić information content (AvgIpc) is 1.77. The number of aliphatic hydroxyl groups is 1. The molecule has 0 aliphatic carbocycles. The quantitative estimate of drug-likeness (QED) is 0.648. The number of rotatable bonds is 2. The van der Waals surface area contributed by atoms with Crippen LogP contribution in [0, 0.1) is 5.41 Å². The van der Waals surface area contributed by atoms with E-state index in [9.17, 15) is 5.11 Å². The van der Waals surface area contributed by atoms with E-state index in [0.29, 0.717) is 0 Å². The fourth-order valence-electron chi connectivity index (χ4n) is 1.23. The van der Waals surface area contributed by atoms with Crippen LogP contribution in [0.3, 0.4) is 0 Å². The third kappa shape index (κ3) is 4.94. The van der Waals surface area contributed by atoms with Crippen LogP contribution in [0.4, 0.5) is 0 Å². The average molecular weight is 185 g/mol. The third-order valence-corrected chi connectivity index (χ3v) is 1.78. The fraction of sp³-hybridized carbons (Fsp3) is 0.818. The summed E-state index contributed by atoms with van der Waals surface area (Å²) in [6, 6.07) is -0.0625. The van der Waals surface area contributed by atoms with Crippen molar-refractivity contribution in [3.63, 3.8) is 0 Å². The van der Waals surface area contributed by atoms with Gasteiger partial charge in [-0.2, -0.15) is 0 Å². The number of aliphatic hydroxyl groups excluding tert-OH is 1. The summed E-state index contributed by atoms with van der Waals surface area (Å²) in [5.41, 5.74) is -0.0251. The van der Waals surface area contributed by atoms with Crippen LogP contribution >= 0.6 is 0 Å². The Labute approximate surface area is 82.0 Å². The SMILES string of the molecule is C=C(O)C(NC(C)(C)C)C(C)(C)C. The molecule has 2 heteroatoms. The van der Waals surface area contributed by atoms with Crippen LogP contribution in [0.2, 0.25) is 0 Å². The van der Waals surface area contributed by atoms with E-state index in [1.54, 1.807) is 0 Å². The molecule has 13 heavy (non-hydrogen) atoms. The monoisotopic (exact) mass is 185 g/mol. The Morgan fingerprint density at radius 2 is 1.54 bits per heavy atom. The predicted molar refractivity (Wildman–Crippen MR) is 57.9 cm³/mol. The topological polar surface area (TPSA) is 32.3 Å². The van der Waals surface area contributed by atoms with Crippen LogP contribution in [0.1, 0.15) is 41.5 Å². The molecule has 0 radical (unpaired) electrons. The van der Waals surface area contributed by atoms with Crippen molar-refractivity contribution in [1.82, 2.24) is 5.32 Å². The standard InChI is InChI=1S/C11H23NO/c1-8(13)9(10(2,3)4)12-11(5,6)7/h9,12-13H,1H2,2-7H3. The van der Waals surface area contributed by atoms with Crippen molar-refractivity contribution >= 4 is 0 Å². The zero-order valence-electron chi connectivity index (χ0n) is 9.73. The molecule has 0 aliphatic heterocycles. The van der Waals surface area contributed by atoms with Gasteiger partial charge < -0.3 is 10.4 Å². The van der Waals surface area contributed by atoms with Gasteiger partial charge >= 0.3 is 0 Å². The Hall–Kier alpha value is -0.500. The van der Waals surface area contributed by atoms with Crippen LogP contribution in [0.25, 0.3) is 0 Å². The lowest BCUT2D eigenvalue weighted by atomic mass is 9.84. The van der Waals surface area contributed by atoms with Gasteiger partial charge in [0.1, 0.15) is 5.76 Å². The van der Waals surface area contributed by atoms with E-state index in [-0.39, 0.29) is 22.8 Å². The Balaban J connectivity index is 4.56. The van der Waals surface area contributed by atoms with Gasteiger partial charge in [-0.1, -0.05) is 27.4 Å². The molecule has 2 nitrogen and oxygen atoms in total. The zero-order valence-corrected chi connectivity index (χ0v) is 9.73. The minimum absolute atomic E-state index is 0.0103. The Morgan fingerprint density at radius 1 is 1.15 bits per heavy atom. The summed E-state index contributed by atoms with van der Waals surface area (Å²) in [7, 11) is 0. The number of nitrogens with one attached hydrogen (secondary N) is 1. The van der Waals surface area contributed by atoms with Gasteiger partial charge in [0.2, 0.25) is 0 Å². The molecule has 0 rings (SSSR count). The highest BCUT2D eigenvalue weighted by molar-refractivity contribution is 5.03. The molecule has 0 heterocycles. The molecule has 78 valence electrons. The van der Waals surface area contributed by atoms with Crippen molar-refractivity contribution in [3.05, 3.63) is 12.3 Å². The number of hydrogen-bond donors (Lipinski definition) is 2. The normalized spacial score (nSPS) is 15.5. The second-order valence-electron chi connectivity index (χ2n) is 5.68. The minimum atomic E-state index is -0.0625. The Kier molecular flexibility index (Phi) is 3.56. The fourth-order valence-corrected chi connectivity index (χ4v) is 1.23. The van der Waals surface area contributed by atoms with E-state index in [1.807, 2.05) is 0 Å². The smallest absolute Gasteiger partial charge is 0.103 e. The van der Waals surface area contributed by atoms with Crippen LogP contribution in [0.15, 0.2) is 12.3 Å². The lowest BCUT2D eigenvalue weighted by molar-refractivity contribution is 0.193. The van der Waals surface area contributed by atoms with Gasteiger partial charge in [0, 0.05) is 5.54 Å². The molecule has 2 N–H and O–H groups in total. The van der Waals surface area contributed by atoms with Gasteiger partial charge in [0.15, 0.2) is 0 Å². The van der Waals surface area contributed by atoms with E-state index in [1.165, 1.54) is 0 Å². The molecule has 0 aromatic heterocycles. The second-order valence-corrected chi connectivity index (χ2v) is 5.68. The summed E-state index contributed by atoms with van der Waals surface area (Å²) >= 11 is 0. The van der Waals surface area contributed by atoms with Gasteiger partial charge in [-0.05, 0) is 26.2 Å². The molecule has 0 aliphatic rings. The summed E-state index contributed by atoms with van der Waals surface area (Å²) in [5, 5.41) is 12.8. The van der Waals surface area contributed by atoms with Gasteiger partial charge in [-0.15, -0.1) is 0 Å². The maximum absolute atomic E-state index is 9.45. The largest absolute Gasteiger partial charge is 0.511 e. The highest BCUT2D eigenvalue weighted by Gasteiger charge is 2.30. The molecule has 0 fully saturated rings. The van der Waals surface area contributed by atoms with Crippen molar-refractivity contribution in [2.75, 3.05) is 0 Å². The molecule has 0 aromatic rings. The second kappa shape index (κ2) is 3.70. The molecule has 0 spiro atoms. The lowest BCUT2D eigenvalue weighted by Crippen LogP contribution is -2.50. The first-order chi connectivity index (χ1) is 5.54. The zero-order chi connectivity index (χ0) is 10.9. The highest BCUT2D eigenvalue weighted by Crippen LogP contribution is 2.24. The van der Waals surface area contributed by atoms with Gasteiger partial charge in [0.25, 0.3) is 0 Å². The summed E-state index contributed by atoms with van der Waals surface area (Å²) in [6.45, 7) is 16.1. The van der Waals surface area contributed by atoms with Gasteiger partial charge in [-0.25, -0.2) is 0 Å². The van der Waals surface area contributed by atoms with Gasteiger partial charge in [-0.3, -0.25) is 0 Å². The highest BCUT2D eigenvalue weighted by atomic mass is 16.3. The van der Waals surface area contributed by atoms with Crippen molar-refractivity contribution in [1.29, 1.82) is 0 Å². The molecular weight excluding hydrogens is 162 g/mol. The van der Waals surface area contributed by atoms with Gasteiger partial charge in [0.05, 0.1) is 6.04 Å². The van der Waals surface area contributed by atoms with Crippen LogP contribution in [-0.2, 0) is 0 Å². The summed E-state index contributed by atoms with van der Waals surface area (Å²) in [4.78, 5) is 0. The van der Waals surface area contributed by atoms with Crippen molar-refractivity contribution in [2.45, 2.75) is 53.1 Å². The summed E-state index contributed by atoms with van der Waals surface area (Å²) < 4.78 is 0. The molecule has 0 bridgehead atoms. The van der Waals surface area contributed by atoms with Crippen LogP contribution in [-0.4, -0.2) is 16.7 Å². The van der Waals surface area contributed by atoms with E-state index in [4.69, 9.17) is 0 Å². The Bertz CT molecular complexity index is 183. The van der Waals surface area contributed by atoms with Crippen molar-refractivity contribution < 1.29 is 5.11 Å². The maximum atomic E-state index is 9.45. The number of hydrogen-bond acceptors (Lipinski definition) is 2. The van der Waals surface area contributed by atoms with Crippen molar-refractivity contribution in [3.8, 4) is 0 Å². The third-order valence-electron chi connectivity index (χ3n) is 1.78. The molecule has 0 aromatic carbocycles. The van der Waals surface area contributed by atoms with Crippen LogP contribution < -0.4 is 5.32 Å². The Morgan fingerprint density at radius 3 is 1.62 bits per heavy atom. The summed E-state index contributed by atoms with van der Waals surface area (Å²) in [5.74, 6) is 0.211. The van der Waals surface area contributed by atoms with E-state index < -0.39 is 0 Å². The van der Waals surface area contributed by atoms with E-state index in [0.717, 1.165) is 0 Å². The molecule has 1 unspecified atom stereocenters. The predicted octanol–water partition coefficient (Wildman–Crippen LogP) is 2.86.